The third kappa shape index (κ3) is 5.03. The Hall–Kier alpha value is -3.13. The van der Waals surface area contributed by atoms with Crippen LogP contribution in [0.15, 0.2) is 48.5 Å². The Labute approximate surface area is 170 Å². The van der Waals surface area contributed by atoms with Crippen LogP contribution in [0.1, 0.15) is 34.6 Å². The van der Waals surface area contributed by atoms with Crippen LogP contribution in [0.2, 0.25) is 0 Å². The number of hydrogen-bond donors (Lipinski definition) is 2. The maximum atomic E-state index is 12.8. The molecule has 3 aromatic rings. The van der Waals surface area contributed by atoms with Gasteiger partial charge in [0.25, 0.3) is 5.91 Å². The van der Waals surface area contributed by atoms with Gasteiger partial charge in [0.15, 0.2) is 0 Å². The zero-order valence-corrected chi connectivity index (χ0v) is 17.5. The van der Waals surface area contributed by atoms with Crippen LogP contribution in [0, 0.1) is 6.92 Å². The summed E-state index contributed by atoms with van der Waals surface area (Å²) >= 11 is 0. The van der Waals surface area contributed by atoms with Crippen LogP contribution >= 0.6 is 0 Å². The number of methoxy groups -OCH3 is 1. The number of aromatic nitrogens is 1. The highest BCUT2D eigenvalue weighted by atomic mass is 32.2. The standard InChI is InChI=1S/C21H23N3O4S/c1-13(15-6-5-7-17(10-15)24-29(4,26)27)23-21(25)19-11-16-8-9-18(28-3)12-20(16)22-14(19)2/h5-13,24H,1-4H3,(H,23,25). The highest BCUT2D eigenvalue weighted by Crippen LogP contribution is 2.23. The molecule has 1 amide bonds. The van der Waals surface area contributed by atoms with E-state index in [0.717, 1.165) is 22.7 Å². The largest absolute Gasteiger partial charge is 0.497 e. The van der Waals surface area contributed by atoms with E-state index in [0.29, 0.717) is 22.7 Å². The Morgan fingerprint density at radius 1 is 1.14 bits per heavy atom. The number of nitrogens with zero attached hydrogens (tertiary/aromatic N) is 1. The topological polar surface area (TPSA) is 97.4 Å². The van der Waals surface area contributed by atoms with Crippen molar-refractivity contribution < 1.29 is 17.9 Å². The van der Waals surface area contributed by atoms with Crippen molar-refractivity contribution in [1.29, 1.82) is 0 Å². The van der Waals surface area contributed by atoms with E-state index >= 15 is 0 Å². The molecule has 0 aliphatic rings. The van der Waals surface area contributed by atoms with Crippen molar-refractivity contribution >= 4 is 32.5 Å². The molecule has 3 rings (SSSR count). The minimum Gasteiger partial charge on any atom is -0.497 e. The summed E-state index contributed by atoms with van der Waals surface area (Å²) in [4.78, 5) is 17.4. The molecule has 0 radical (unpaired) electrons. The SMILES string of the molecule is COc1ccc2cc(C(=O)NC(C)c3cccc(NS(C)(=O)=O)c3)c(C)nc2c1. The number of benzene rings is 2. The van der Waals surface area contributed by atoms with E-state index < -0.39 is 10.0 Å². The second-order valence-electron chi connectivity index (χ2n) is 6.87. The first-order valence-corrected chi connectivity index (χ1v) is 10.9. The third-order valence-electron chi connectivity index (χ3n) is 4.50. The number of rotatable bonds is 6. The van der Waals surface area contributed by atoms with Crippen LogP contribution in [-0.4, -0.2) is 32.7 Å². The summed E-state index contributed by atoms with van der Waals surface area (Å²) in [5.74, 6) is 0.458. The molecule has 0 aliphatic heterocycles. The fourth-order valence-electron chi connectivity index (χ4n) is 3.04. The quantitative estimate of drug-likeness (QED) is 0.645. The first-order chi connectivity index (χ1) is 13.7. The summed E-state index contributed by atoms with van der Waals surface area (Å²) < 4.78 is 30.5. The van der Waals surface area contributed by atoms with Crippen molar-refractivity contribution in [2.75, 3.05) is 18.1 Å². The van der Waals surface area contributed by atoms with Crippen LogP contribution in [0.25, 0.3) is 10.9 Å². The molecule has 29 heavy (non-hydrogen) atoms. The number of carbonyl (C=O) groups is 1. The Morgan fingerprint density at radius 3 is 2.59 bits per heavy atom. The molecule has 2 N–H and O–H groups in total. The number of anilines is 1. The summed E-state index contributed by atoms with van der Waals surface area (Å²) in [5, 5.41) is 3.79. The first kappa shape index (κ1) is 20.6. The lowest BCUT2D eigenvalue weighted by Crippen LogP contribution is -2.27. The van der Waals surface area contributed by atoms with Gasteiger partial charge < -0.3 is 10.1 Å². The lowest BCUT2D eigenvalue weighted by Gasteiger charge is -2.17. The minimum absolute atomic E-state index is 0.248. The number of ether oxygens (including phenoxy) is 1. The van der Waals surface area contributed by atoms with Gasteiger partial charge in [-0.3, -0.25) is 14.5 Å². The zero-order chi connectivity index (χ0) is 21.2. The number of nitrogens with one attached hydrogen (secondary N) is 2. The molecular weight excluding hydrogens is 390 g/mol. The van der Waals surface area contributed by atoms with Crippen molar-refractivity contribution in [3.05, 3.63) is 65.4 Å². The van der Waals surface area contributed by atoms with Gasteiger partial charge in [-0.1, -0.05) is 12.1 Å². The molecule has 1 unspecified atom stereocenters. The molecule has 1 heterocycles. The highest BCUT2D eigenvalue weighted by Gasteiger charge is 2.16. The lowest BCUT2D eigenvalue weighted by atomic mass is 10.1. The summed E-state index contributed by atoms with van der Waals surface area (Å²) in [6.07, 6.45) is 1.09. The first-order valence-electron chi connectivity index (χ1n) is 9.00. The fourth-order valence-corrected chi connectivity index (χ4v) is 3.60. The Bertz CT molecular complexity index is 1180. The molecule has 2 aromatic carbocycles. The summed E-state index contributed by atoms with van der Waals surface area (Å²) in [5.41, 5.74) is 3.08. The van der Waals surface area contributed by atoms with Crippen LogP contribution in [0.4, 0.5) is 5.69 Å². The third-order valence-corrected chi connectivity index (χ3v) is 5.10. The molecule has 7 nitrogen and oxygen atoms in total. The number of aryl methyl sites for hydroxylation is 1. The van der Waals surface area contributed by atoms with Gasteiger partial charge in [0, 0.05) is 17.1 Å². The van der Waals surface area contributed by atoms with Gasteiger partial charge in [0.05, 0.1) is 36.2 Å². The molecule has 152 valence electrons. The van der Waals surface area contributed by atoms with Crippen molar-refractivity contribution in [3.8, 4) is 5.75 Å². The van der Waals surface area contributed by atoms with Gasteiger partial charge in [-0.05, 0) is 49.7 Å². The molecule has 1 atom stereocenters. The van der Waals surface area contributed by atoms with Crippen molar-refractivity contribution in [2.24, 2.45) is 0 Å². The molecule has 0 bridgehead atoms. The summed E-state index contributed by atoms with van der Waals surface area (Å²) in [6, 6.07) is 13.9. The van der Waals surface area contributed by atoms with E-state index in [1.165, 1.54) is 0 Å². The van der Waals surface area contributed by atoms with E-state index in [4.69, 9.17) is 4.74 Å². The van der Waals surface area contributed by atoms with Crippen LogP contribution in [0.5, 0.6) is 5.75 Å². The number of hydrogen-bond acceptors (Lipinski definition) is 5. The fraction of sp³-hybridized carbons (Fsp3) is 0.238. The van der Waals surface area contributed by atoms with Gasteiger partial charge in [-0.2, -0.15) is 0 Å². The molecule has 1 aromatic heterocycles. The van der Waals surface area contributed by atoms with E-state index in [2.05, 4.69) is 15.0 Å². The van der Waals surface area contributed by atoms with E-state index in [1.807, 2.05) is 31.2 Å². The highest BCUT2D eigenvalue weighted by molar-refractivity contribution is 7.92. The number of carbonyl (C=O) groups excluding carboxylic acids is 1. The Morgan fingerprint density at radius 2 is 1.90 bits per heavy atom. The van der Waals surface area contributed by atoms with Crippen molar-refractivity contribution in [2.45, 2.75) is 19.9 Å². The average Bonchev–Trinajstić information content (AvgIpc) is 2.65. The number of amides is 1. The van der Waals surface area contributed by atoms with Crippen LogP contribution < -0.4 is 14.8 Å². The summed E-state index contributed by atoms with van der Waals surface area (Å²) in [6.45, 7) is 3.63. The number of fused-ring (bicyclic) bond motifs is 1. The van der Waals surface area contributed by atoms with Crippen LogP contribution in [0.3, 0.4) is 0 Å². The van der Waals surface area contributed by atoms with E-state index in [9.17, 15) is 13.2 Å². The monoisotopic (exact) mass is 413 g/mol. The molecule has 0 fully saturated rings. The van der Waals surface area contributed by atoms with Gasteiger partial charge in [-0.15, -0.1) is 0 Å². The smallest absolute Gasteiger partial charge is 0.253 e. The van der Waals surface area contributed by atoms with Gasteiger partial charge >= 0.3 is 0 Å². The van der Waals surface area contributed by atoms with Crippen molar-refractivity contribution in [3.63, 3.8) is 0 Å². The zero-order valence-electron chi connectivity index (χ0n) is 16.7. The molecule has 0 spiro atoms. The second kappa shape index (κ2) is 8.08. The van der Waals surface area contributed by atoms with Gasteiger partial charge in [-0.25, -0.2) is 8.42 Å². The van der Waals surface area contributed by atoms with Gasteiger partial charge in [0.1, 0.15) is 5.75 Å². The predicted molar refractivity (Wildman–Crippen MR) is 114 cm³/mol. The maximum Gasteiger partial charge on any atom is 0.253 e. The second-order valence-corrected chi connectivity index (χ2v) is 8.62. The Kier molecular flexibility index (Phi) is 5.74. The molecule has 0 saturated heterocycles. The summed E-state index contributed by atoms with van der Waals surface area (Å²) in [7, 11) is -1.78. The Balaban J connectivity index is 1.82. The molecular formula is C21H23N3O4S. The predicted octanol–water partition coefficient (Wildman–Crippen LogP) is 3.41. The minimum atomic E-state index is -3.37. The lowest BCUT2D eigenvalue weighted by molar-refractivity contribution is 0.0939. The molecule has 8 heteroatoms. The van der Waals surface area contributed by atoms with E-state index in [1.54, 1.807) is 38.3 Å². The molecule has 0 saturated carbocycles. The van der Waals surface area contributed by atoms with Gasteiger partial charge in [0.2, 0.25) is 10.0 Å². The molecule has 0 aliphatic carbocycles. The average molecular weight is 413 g/mol. The normalized spacial score (nSPS) is 12.4. The number of sulfonamides is 1. The maximum absolute atomic E-state index is 12.8. The van der Waals surface area contributed by atoms with Crippen LogP contribution in [-0.2, 0) is 10.0 Å². The number of pyridine rings is 1. The van der Waals surface area contributed by atoms with Crippen molar-refractivity contribution in [1.82, 2.24) is 10.3 Å². The van der Waals surface area contributed by atoms with E-state index in [-0.39, 0.29) is 11.9 Å².